The van der Waals surface area contributed by atoms with E-state index in [1.807, 2.05) is 24.3 Å². The van der Waals surface area contributed by atoms with E-state index in [0.29, 0.717) is 13.1 Å². The maximum Gasteiger partial charge on any atom is 0.270 e. The van der Waals surface area contributed by atoms with E-state index in [2.05, 4.69) is 9.97 Å². The molecule has 0 spiro atoms. The lowest BCUT2D eigenvalue weighted by atomic mass is 9.96. The first kappa shape index (κ1) is 17.5. The SMILES string of the molecule is O=C(c1ccc([N+](=O)[O-])cc1Cl)N1CCCC(c2nc3ccccc3[nH]2)C1. The van der Waals surface area contributed by atoms with Gasteiger partial charge in [0, 0.05) is 31.1 Å². The smallest absolute Gasteiger partial charge is 0.270 e. The van der Waals surface area contributed by atoms with Crippen LogP contribution in [0.15, 0.2) is 42.5 Å². The number of hydrogen-bond acceptors (Lipinski definition) is 4. The summed E-state index contributed by atoms with van der Waals surface area (Å²) in [6.07, 6.45) is 1.80. The quantitative estimate of drug-likeness (QED) is 0.542. The van der Waals surface area contributed by atoms with Crippen molar-refractivity contribution >= 4 is 34.2 Å². The van der Waals surface area contributed by atoms with Crippen LogP contribution in [0.1, 0.15) is 34.9 Å². The van der Waals surface area contributed by atoms with Crippen molar-refractivity contribution in [3.8, 4) is 0 Å². The van der Waals surface area contributed by atoms with Crippen LogP contribution in [0.3, 0.4) is 0 Å². The molecule has 0 aliphatic carbocycles. The van der Waals surface area contributed by atoms with Gasteiger partial charge in [0.15, 0.2) is 0 Å². The lowest BCUT2D eigenvalue weighted by Crippen LogP contribution is -2.39. The predicted octanol–water partition coefficient (Wildman–Crippen LogP) is 4.14. The van der Waals surface area contributed by atoms with Crippen molar-refractivity contribution < 1.29 is 9.72 Å². The van der Waals surface area contributed by atoms with E-state index in [0.717, 1.165) is 29.7 Å². The molecule has 0 bridgehead atoms. The molecule has 8 heteroatoms. The van der Waals surface area contributed by atoms with Crippen LogP contribution in [0.2, 0.25) is 5.02 Å². The average molecular weight is 385 g/mol. The lowest BCUT2D eigenvalue weighted by molar-refractivity contribution is -0.384. The molecule has 1 atom stereocenters. The van der Waals surface area contributed by atoms with Crippen molar-refractivity contribution in [2.24, 2.45) is 0 Å². The van der Waals surface area contributed by atoms with Crippen LogP contribution in [-0.2, 0) is 0 Å². The molecule has 7 nitrogen and oxygen atoms in total. The van der Waals surface area contributed by atoms with Crippen LogP contribution in [0, 0.1) is 10.1 Å². The highest BCUT2D eigenvalue weighted by Gasteiger charge is 2.28. The number of nitro groups is 1. The molecule has 1 aliphatic heterocycles. The summed E-state index contributed by atoms with van der Waals surface area (Å²) in [5, 5.41) is 10.9. The van der Waals surface area contributed by atoms with E-state index in [1.54, 1.807) is 4.90 Å². The van der Waals surface area contributed by atoms with Crippen LogP contribution in [0.5, 0.6) is 0 Å². The summed E-state index contributed by atoms with van der Waals surface area (Å²) in [5.74, 6) is 0.783. The first-order chi connectivity index (χ1) is 13.0. The van der Waals surface area contributed by atoms with Gasteiger partial charge in [0.2, 0.25) is 0 Å². The van der Waals surface area contributed by atoms with Crippen LogP contribution >= 0.6 is 11.6 Å². The number of rotatable bonds is 3. The van der Waals surface area contributed by atoms with Gasteiger partial charge in [-0.05, 0) is 31.0 Å². The fourth-order valence-corrected chi connectivity index (χ4v) is 3.77. The van der Waals surface area contributed by atoms with Crippen LogP contribution in [0.4, 0.5) is 5.69 Å². The first-order valence-electron chi connectivity index (χ1n) is 8.71. The van der Waals surface area contributed by atoms with Gasteiger partial charge in [-0.2, -0.15) is 0 Å². The maximum absolute atomic E-state index is 12.9. The number of carbonyl (C=O) groups excluding carboxylic acids is 1. The van der Waals surface area contributed by atoms with Crippen molar-refractivity contribution in [3.63, 3.8) is 0 Å². The molecule has 2 heterocycles. The Labute approximate surface area is 160 Å². The van der Waals surface area contributed by atoms with Crippen LogP contribution < -0.4 is 0 Å². The number of halogens is 1. The number of nitrogens with zero attached hydrogens (tertiary/aromatic N) is 3. The van der Waals surface area contributed by atoms with Crippen molar-refractivity contribution in [2.45, 2.75) is 18.8 Å². The molecular formula is C19H17ClN4O3. The Morgan fingerprint density at radius 2 is 2.11 bits per heavy atom. The molecule has 1 fully saturated rings. The Balaban J connectivity index is 1.55. The van der Waals surface area contributed by atoms with Gasteiger partial charge in [-0.3, -0.25) is 14.9 Å². The topological polar surface area (TPSA) is 92.1 Å². The fraction of sp³-hybridized carbons (Fsp3) is 0.263. The summed E-state index contributed by atoms with van der Waals surface area (Å²) in [4.78, 5) is 33.0. The van der Waals surface area contributed by atoms with E-state index in [4.69, 9.17) is 11.6 Å². The summed E-state index contributed by atoms with van der Waals surface area (Å²) >= 11 is 6.12. The van der Waals surface area contributed by atoms with Crippen LogP contribution in [0.25, 0.3) is 11.0 Å². The Bertz CT molecular complexity index is 1000. The number of amides is 1. The van der Waals surface area contributed by atoms with E-state index in [1.165, 1.54) is 18.2 Å². The molecule has 0 radical (unpaired) electrons. The standard InChI is InChI=1S/C19H17ClN4O3/c20-15-10-13(24(26)27)7-8-14(15)19(25)23-9-3-4-12(11-23)18-21-16-5-1-2-6-17(16)22-18/h1-2,5-8,10,12H,3-4,9,11H2,(H,21,22). The second kappa shape index (κ2) is 7.00. The number of benzene rings is 2. The minimum atomic E-state index is -0.529. The number of piperidine rings is 1. The number of non-ortho nitro benzene ring substituents is 1. The van der Waals surface area contributed by atoms with Gasteiger partial charge in [0.25, 0.3) is 11.6 Å². The Morgan fingerprint density at radius 1 is 1.30 bits per heavy atom. The molecular weight excluding hydrogens is 368 g/mol. The predicted molar refractivity (Wildman–Crippen MR) is 102 cm³/mol. The average Bonchev–Trinajstić information content (AvgIpc) is 3.12. The number of para-hydroxylation sites is 2. The Hall–Kier alpha value is -2.93. The fourth-order valence-electron chi connectivity index (χ4n) is 3.51. The Kier molecular flexibility index (Phi) is 4.53. The number of aromatic nitrogens is 2. The third-order valence-electron chi connectivity index (χ3n) is 4.90. The number of aromatic amines is 1. The first-order valence-corrected chi connectivity index (χ1v) is 9.08. The second-order valence-corrected chi connectivity index (χ2v) is 7.06. The zero-order chi connectivity index (χ0) is 19.0. The zero-order valence-electron chi connectivity index (χ0n) is 14.4. The highest BCUT2D eigenvalue weighted by atomic mass is 35.5. The summed E-state index contributed by atoms with van der Waals surface area (Å²) in [6.45, 7) is 1.16. The van der Waals surface area contributed by atoms with Gasteiger partial charge >= 0.3 is 0 Å². The second-order valence-electron chi connectivity index (χ2n) is 6.65. The van der Waals surface area contributed by atoms with Crippen molar-refractivity contribution in [1.29, 1.82) is 0 Å². The summed E-state index contributed by atoms with van der Waals surface area (Å²) < 4.78 is 0. The van der Waals surface area contributed by atoms with Gasteiger partial charge in [-0.15, -0.1) is 0 Å². The van der Waals surface area contributed by atoms with E-state index >= 15 is 0 Å². The number of H-pyrrole nitrogens is 1. The van der Waals surface area contributed by atoms with Crippen molar-refractivity contribution in [2.75, 3.05) is 13.1 Å². The summed E-state index contributed by atoms with van der Waals surface area (Å²) in [6, 6.07) is 11.8. The molecule has 138 valence electrons. The highest BCUT2D eigenvalue weighted by molar-refractivity contribution is 6.34. The minimum absolute atomic E-state index is 0.0973. The molecule has 4 rings (SSSR count). The molecule has 1 saturated heterocycles. The zero-order valence-corrected chi connectivity index (χ0v) is 15.1. The van der Waals surface area contributed by atoms with Gasteiger partial charge in [-0.1, -0.05) is 23.7 Å². The van der Waals surface area contributed by atoms with Crippen molar-refractivity contribution in [3.05, 3.63) is 69.0 Å². The molecule has 1 unspecified atom stereocenters. The van der Waals surface area contributed by atoms with Gasteiger partial charge < -0.3 is 9.88 Å². The van der Waals surface area contributed by atoms with Gasteiger partial charge in [-0.25, -0.2) is 4.98 Å². The maximum atomic E-state index is 12.9. The van der Waals surface area contributed by atoms with Gasteiger partial charge in [0.1, 0.15) is 5.82 Å². The molecule has 1 amide bonds. The largest absolute Gasteiger partial charge is 0.342 e. The molecule has 1 N–H and O–H groups in total. The van der Waals surface area contributed by atoms with Gasteiger partial charge in [0.05, 0.1) is 26.5 Å². The number of carbonyl (C=O) groups is 1. The Morgan fingerprint density at radius 3 is 2.85 bits per heavy atom. The number of likely N-dealkylation sites (tertiary alicyclic amines) is 1. The molecule has 0 saturated carbocycles. The third-order valence-corrected chi connectivity index (χ3v) is 5.21. The monoisotopic (exact) mass is 384 g/mol. The molecule has 27 heavy (non-hydrogen) atoms. The van der Waals surface area contributed by atoms with E-state index in [9.17, 15) is 14.9 Å². The third kappa shape index (κ3) is 3.38. The lowest BCUT2D eigenvalue weighted by Gasteiger charge is -2.32. The number of nitro benzene ring substituents is 1. The molecule has 2 aromatic carbocycles. The van der Waals surface area contributed by atoms with E-state index in [-0.39, 0.29) is 28.1 Å². The summed E-state index contributed by atoms with van der Waals surface area (Å²) in [7, 11) is 0. The molecule has 3 aromatic rings. The molecule has 1 aliphatic rings. The number of hydrogen-bond donors (Lipinski definition) is 1. The highest BCUT2D eigenvalue weighted by Crippen LogP contribution is 2.29. The normalized spacial score (nSPS) is 17.2. The van der Waals surface area contributed by atoms with E-state index < -0.39 is 4.92 Å². The summed E-state index contributed by atoms with van der Waals surface area (Å²) in [5.41, 5.74) is 2.05. The molecule has 1 aromatic heterocycles. The number of fused-ring (bicyclic) bond motifs is 1. The number of nitrogens with one attached hydrogen (secondary N) is 1. The van der Waals surface area contributed by atoms with Crippen LogP contribution in [-0.4, -0.2) is 38.8 Å². The number of imidazole rings is 1. The minimum Gasteiger partial charge on any atom is -0.342 e. The van der Waals surface area contributed by atoms with Crippen molar-refractivity contribution in [1.82, 2.24) is 14.9 Å².